The Labute approximate surface area is 119 Å². The molecule has 110 valence electrons. The fourth-order valence-electron chi connectivity index (χ4n) is 1.93. The summed E-state index contributed by atoms with van der Waals surface area (Å²) in [5, 5.41) is 28.7. The Balaban J connectivity index is 2.43. The van der Waals surface area contributed by atoms with Gasteiger partial charge in [0.2, 0.25) is 0 Å². The van der Waals surface area contributed by atoms with E-state index in [0.29, 0.717) is 5.56 Å². The Bertz CT molecular complexity index is 673. The number of benzene rings is 1. The number of pyridine rings is 1. The van der Waals surface area contributed by atoms with Gasteiger partial charge < -0.3 is 10.2 Å². The molecule has 4 N–H and O–H groups in total. The number of carbonyl (C=O) groups is 1. The summed E-state index contributed by atoms with van der Waals surface area (Å²) < 4.78 is 12.9. The van der Waals surface area contributed by atoms with Gasteiger partial charge in [0, 0.05) is 17.3 Å². The number of amides is 1. The van der Waals surface area contributed by atoms with Crippen molar-refractivity contribution in [1.82, 2.24) is 10.5 Å². The second-order valence-electron chi connectivity index (χ2n) is 4.43. The Morgan fingerprint density at radius 3 is 2.52 bits per heavy atom. The summed E-state index contributed by atoms with van der Waals surface area (Å²) in [7, 11) is 0. The molecule has 0 saturated carbocycles. The van der Waals surface area contributed by atoms with Crippen molar-refractivity contribution in [1.29, 1.82) is 0 Å². The highest BCUT2D eigenvalue weighted by Crippen LogP contribution is 2.30. The number of hydrogen-bond donors (Lipinski definition) is 4. The van der Waals surface area contributed by atoms with Crippen molar-refractivity contribution in [3.05, 3.63) is 58.7 Å². The first kappa shape index (κ1) is 14.9. The van der Waals surface area contributed by atoms with Gasteiger partial charge in [-0.25, -0.2) is 14.9 Å². The topological polar surface area (TPSA) is 103 Å². The van der Waals surface area contributed by atoms with E-state index in [0.717, 1.165) is 0 Å². The van der Waals surface area contributed by atoms with Crippen LogP contribution >= 0.6 is 0 Å². The molecule has 0 spiro atoms. The van der Waals surface area contributed by atoms with Crippen LogP contribution in [0.1, 0.15) is 33.3 Å². The van der Waals surface area contributed by atoms with Gasteiger partial charge in [-0.2, -0.15) is 0 Å². The second kappa shape index (κ2) is 5.86. The van der Waals surface area contributed by atoms with Crippen molar-refractivity contribution in [2.45, 2.75) is 13.0 Å². The predicted molar refractivity (Wildman–Crippen MR) is 70.4 cm³/mol. The summed E-state index contributed by atoms with van der Waals surface area (Å²) >= 11 is 0. The van der Waals surface area contributed by atoms with Gasteiger partial charge in [-0.15, -0.1) is 0 Å². The molecule has 0 fully saturated rings. The minimum Gasteiger partial charge on any atom is -0.505 e. The molecular weight excluding hydrogens is 279 g/mol. The predicted octanol–water partition coefficient (Wildman–Crippen LogP) is 1.44. The van der Waals surface area contributed by atoms with E-state index in [1.807, 2.05) is 0 Å². The summed E-state index contributed by atoms with van der Waals surface area (Å²) in [5.41, 5.74) is 1.94. The van der Waals surface area contributed by atoms with Crippen LogP contribution < -0.4 is 5.48 Å². The average molecular weight is 292 g/mol. The molecule has 2 aromatic rings. The minimum atomic E-state index is -1.13. The lowest BCUT2D eigenvalue weighted by Crippen LogP contribution is -2.21. The van der Waals surface area contributed by atoms with Crippen molar-refractivity contribution >= 4 is 5.91 Å². The van der Waals surface area contributed by atoms with Gasteiger partial charge in [-0.1, -0.05) is 12.1 Å². The molecule has 7 heteroatoms. The van der Waals surface area contributed by atoms with Crippen molar-refractivity contribution in [3.63, 3.8) is 0 Å². The van der Waals surface area contributed by atoms with Crippen molar-refractivity contribution in [2.75, 3.05) is 0 Å². The largest absolute Gasteiger partial charge is 0.505 e. The molecule has 0 bridgehead atoms. The zero-order valence-corrected chi connectivity index (χ0v) is 11.0. The van der Waals surface area contributed by atoms with Gasteiger partial charge in [-0.3, -0.25) is 10.0 Å². The lowest BCUT2D eigenvalue weighted by atomic mass is 9.98. The zero-order valence-electron chi connectivity index (χ0n) is 11.0. The molecule has 1 amide bonds. The molecule has 1 aromatic carbocycles. The number of nitrogens with zero attached hydrogens (tertiary/aromatic N) is 1. The van der Waals surface area contributed by atoms with Crippen LogP contribution in [0.5, 0.6) is 5.75 Å². The standard InChI is InChI=1S/C14H13FN2O4/c1-7-10(6-16-11(12(7)18)14(20)17-21)13(19)8-2-4-9(15)5-3-8/h2-6,13,18-19,21H,1H3,(H,17,20). The van der Waals surface area contributed by atoms with Gasteiger partial charge >= 0.3 is 0 Å². The van der Waals surface area contributed by atoms with E-state index in [-0.39, 0.29) is 16.8 Å². The fourth-order valence-corrected chi connectivity index (χ4v) is 1.93. The molecule has 1 heterocycles. The highest BCUT2D eigenvalue weighted by atomic mass is 19.1. The molecule has 0 aliphatic carbocycles. The zero-order chi connectivity index (χ0) is 15.6. The van der Waals surface area contributed by atoms with Crippen LogP contribution in [-0.2, 0) is 0 Å². The molecular formula is C14H13FN2O4. The highest BCUT2D eigenvalue weighted by Gasteiger charge is 2.21. The van der Waals surface area contributed by atoms with Crippen LogP contribution in [0, 0.1) is 12.7 Å². The molecule has 0 radical (unpaired) electrons. The number of hydroxylamine groups is 1. The number of halogens is 1. The fraction of sp³-hybridized carbons (Fsp3) is 0.143. The number of carbonyl (C=O) groups excluding carboxylic acids is 1. The Hall–Kier alpha value is -2.51. The highest BCUT2D eigenvalue weighted by molar-refractivity contribution is 5.94. The summed E-state index contributed by atoms with van der Waals surface area (Å²) in [6, 6.07) is 5.22. The summed E-state index contributed by atoms with van der Waals surface area (Å²) in [6.45, 7) is 1.49. The third-order valence-corrected chi connectivity index (χ3v) is 3.14. The number of nitrogens with one attached hydrogen (secondary N) is 1. The van der Waals surface area contributed by atoms with Gasteiger partial charge in [-0.05, 0) is 24.6 Å². The smallest absolute Gasteiger partial charge is 0.297 e. The number of aromatic nitrogens is 1. The van der Waals surface area contributed by atoms with Crippen molar-refractivity contribution < 1.29 is 24.6 Å². The minimum absolute atomic E-state index is 0.237. The third kappa shape index (κ3) is 2.83. The van der Waals surface area contributed by atoms with Crippen LogP contribution in [-0.4, -0.2) is 26.3 Å². The van der Waals surface area contributed by atoms with Crippen LogP contribution in [0.25, 0.3) is 0 Å². The molecule has 21 heavy (non-hydrogen) atoms. The maximum Gasteiger partial charge on any atom is 0.297 e. The van der Waals surface area contributed by atoms with E-state index in [1.54, 1.807) is 0 Å². The maximum absolute atomic E-state index is 12.9. The number of aliphatic hydroxyl groups is 1. The SMILES string of the molecule is Cc1c(C(O)c2ccc(F)cc2)cnc(C(=O)NO)c1O. The first-order valence-corrected chi connectivity index (χ1v) is 6.02. The first-order chi connectivity index (χ1) is 9.95. The van der Waals surface area contributed by atoms with E-state index in [4.69, 9.17) is 5.21 Å². The van der Waals surface area contributed by atoms with Crippen LogP contribution in [0.4, 0.5) is 4.39 Å². The lowest BCUT2D eigenvalue weighted by molar-refractivity contribution is 0.0697. The van der Waals surface area contributed by atoms with Crippen molar-refractivity contribution in [3.8, 4) is 5.75 Å². The van der Waals surface area contributed by atoms with Gasteiger partial charge in [0.1, 0.15) is 17.7 Å². The second-order valence-corrected chi connectivity index (χ2v) is 4.43. The van der Waals surface area contributed by atoms with E-state index >= 15 is 0 Å². The molecule has 0 saturated heterocycles. The number of aromatic hydroxyl groups is 1. The summed E-state index contributed by atoms with van der Waals surface area (Å²) in [6.07, 6.45) is 0.0865. The molecule has 0 aliphatic heterocycles. The van der Waals surface area contributed by atoms with E-state index in [1.165, 1.54) is 42.9 Å². The molecule has 1 aromatic heterocycles. The Morgan fingerprint density at radius 1 is 1.33 bits per heavy atom. The van der Waals surface area contributed by atoms with Gasteiger partial charge in [0.15, 0.2) is 5.69 Å². The molecule has 6 nitrogen and oxygen atoms in total. The summed E-state index contributed by atoms with van der Waals surface area (Å²) in [5.74, 6) is -1.84. The third-order valence-electron chi connectivity index (χ3n) is 3.14. The normalized spacial score (nSPS) is 12.0. The molecule has 0 aliphatic rings. The average Bonchev–Trinajstić information content (AvgIpc) is 2.49. The maximum atomic E-state index is 12.9. The molecule has 1 unspecified atom stereocenters. The van der Waals surface area contributed by atoms with Crippen LogP contribution in [0.15, 0.2) is 30.5 Å². The van der Waals surface area contributed by atoms with E-state index in [2.05, 4.69) is 4.98 Å². The molecule has 1 atom stereocenters. The number of hydrogen-bond acceptors (Lipinski definition) is 5. The van der Waals surface area contributed by atoms with Crippen molar-refractivity contribution in [2.24, 2.45) is 0 Å². The Kier molecular flexibility index (Phi) is 4.15. The van der Waals surface area contributed by atoms with Crippen LogP contribution in [0.2, 0.25) is 0 Å². The van der Waals surface area contributed by atoms with Gasteiger partial charge in [0.05, 0.1) is 0 Å². The van der Waals surface area contributed by atoms with Crippen LogP contribution in [0.3, 0.4) is 0 Å². The molecule has 2 rings (SSSR count). The number of rotatable bonds is 3. The lowest BCUT2D eigenvalue weighted by Gasteiger charge is -2.15. The van der Waals surface area contributed by atoms with E-state index < -0.39 is 23.6 Å². The van der Waals surface area contributed by atoms with E-state index in [9.17, 15) is 19.4 Å². The quantitative estimate of drug-likeness (QED) is 0.506. The Morgan fingerprint density at radius 2 is 1.95 bits per heavy atom. The number of aliphatic hydroxyl groups excluding tert-OH is 1. The van der Waals surface area contributed by atoms with Gasteiger partial charge in [0.25, 0.3) is 5.91 Å². The first-order valence-electron chi connectivity index (χ1n) is 6.02. The monoisotopic (exact) mass is 292 g/mol. The summed E-state index contributed by atoms with van der Waals surface area (Å²) in [4.78, 5) is 15.0.